The van der Waals surface area contributed by atoms with Gasteiger partial charge in [-0.2, -0.15) is 5.26 Å². The first-order valence-electron chi connectivity index (χ1n) is 6.60. The van der Waals surface area contributed by atoms with Gasteiger partial charge in [-0.15, -0.1) is 0 Å². The number of nitrogens with zero attached hydrogens (tertiary/aromatic N) is 3. The molecule has 20 heavy (non-hydrogen) atoms. The Morgan fingerprint density at radius 2 is 1.90 bits per heavy atom. The van der Waals surface area contributed by atoms with Gasteiger partial charge < -0.3 is 10.6 Å². The van der Waals surface area contributed by atoms with Crippen molar-refractivity contribution in [1.82, 2.24) is 9.97 Å². The molecule has 0 amide bonds. The van der Waals surface area contributed by atoms with Gasteiger partial charge >= 0.3 is 0 Å². The van der Waals surface area contributed by atoms with Crippen molar-refractivity contribution in [3.8, 4) is 6.07 Å². The van der Waals surface area contributed by atoms with E-state index in [1.54, 1.807) is 6.20 Å². The van der Waals surface area contributed by atoms with E-state index in [0.717, 1.165) is 18.7 Å². The smallest absolute Gasteiger partial charge is 0.158 e. The summed E-state index contributed by atoms with van der Waals surface area (Å²) < 4.78 is 0. The Morgan fingerprint density at radius 1 is 1.10 bits per heavy atom. The Balaban J connectivity index is 1.88. The van der Waals surface area contributed by atoms with Crippen LogP contribution < -0.4 is 10.6 Å². The fourth-order valence-corrected chi connectivity index (χ4v) is 1.68. The van der Waals surface area contributed by atoms with Crippen LogP contribution in [-0.2, 0) is 6.54 Å². The number of hydrogen-bond donors (Lipinski definition) is 2. The van der Waals surface area contributed by atoms with Crippen molar-refractivity contribution in [1.29, 1.82) is 5.26 Å². The Hall–Kier alpha value is -2.61. The van der Waals surface area contributed by atoms with Gasteiger partial charge in [-0.3, -0.25) is 0 Å². The SMILES string of the molecule is CCCNc1ccc(CNc2cnc(C#N)cn2)cc1. The molecule has 5 nitrogen and oxygen atoms in total. The summed E-state index contributed by atoms with van der Waals surface area (Å²) in [6, 6.07) is 10.2. The van der Waals surface area contributed by atoms with Gasteiger partial charge in [-0.1, -0.05) is 19.1 Å². The van der Waals surface area contributed by atoms with Crippen LogP contribution in [0.1, 0.15) is 24.6 Å². The zero-order chi connectivity index (χ0) is 14.2. The maximum absolute atomic E-state index is 8.65. The second-order valence-electron chi connectivity index (χ2n) is 4.38. The van der Waals surface area contributed by atoms with E-state index < -0.39 is 0 Å². The first kappa shape index (κ1) is 13.8. The minimum absolute atomic E-state index is 0.321. The minimum atomic E-state index is 0.321. The second kappa shape index (κ2) is 7.10. The normalized spacial score (nSPS) is 9.80. The molecule has 1 aromatic carbocycles. The molecule has 0 radical (unpaired) electrons. The van der Waals surface area contributed by atoms with E-state index in [9.17, 15) is 0 Å². The number of aromatic nitrogens is 2. The van der Waals surface area contributed by atoms with Crippen LogP contribution in [0, 0.1) is 11.3 Å². The predicted molar refractivity (Wildman–Crippen MR) is 79.3 cm³/mol. The van der Waals surface area contributed by atoms with Crippen LogP contribution in [0.5, 0.6) is 0 Å². The molecule has 5 heteroatoms. The Labute approximate surface area is 118 Å². The Morgan fingerprint density at radius 3 is 2.50 bits per heavy atom. The van der Waals surface area contributed by atoms with E-state index in [0.29, 0.717) is 18.1 Å². The standard InChI is InChI=1S/C15H17N5/c1-2-7-17-13-5-3-12(4-6-13)9-19-15-11-18-14(8-16)10-20-15/h3-6,10-11,17H,2,7,9H2,1H3,(H,19,20). The van der Waals surface area contributed by atoms with Gasteiger partial charge in [0.1, 0.15) is 11.9 Å². The van der Waals surface area contributed by atoms with Crippen molar-refractivity contribution >= 4 is 11.5 Å². The van der Waals surface area contributed by atoms with Crippen LogP contribution in [-0.4, -0.2) is 16.5 Å². The second-order valence-corrected chi connectivity index (χ2v) is 4.38. The third kappa shape index (κ3) is 3.95. The molecule has 2 aromatic rings. The summed E-state index contributed by atoms with van der Waals surface area (Å²) >= 11 is 0. The molecule has 0 saturated heterocycles. The maximum Gasteiger partial charge on any atom is 0.158 e. The molecule has 0 aliphatic carbocycles. The lowest BCUT2D eigenvalue weighted by Crippen LogP contribution is -2.03. The molecule has 2 rings (SSSR count). The fourth-order valence-electron chi connectivity index (χ4n) is 1.68. The Bertz CT molecular complexity index is 569. The highest BCUT2D eigenvalue weighted by Crippen LogP contribution is 2.11. The van der Waals surface area contributed by atoms with Crippen molar-refractivity contribution in [2.24, 2.45) is 0 Å². The molecule has 0 spiro atoms. The topological polar surface area (TPSA) is 73.6 Å². The third-order valence-corrected chi connectivity index (χ3v) is 2.77. The molecule has 1 aromatic heterocycles. The summed E-state index contributed by atoms with van der Waals surface area (Å²) in [7, 11) is 0. The van der Waals surface area contributed by atoms with Gasteiger partial charge in [0, 0.05) is 18.8 Å². The van der Waals surface area contributed by atoms with E-state index in [4.69, 9.17) is 5.26 Å². The lowest BCUT2D eigenvalue weighted by molar-refractivity contribution is 0.979. The zero-order valence-corrected chi connectivity index (χ0v) is 11.4. The summed E-state index contributed by atoms with van der Waals surface area (Å²) in [4.78, 5) is 8.08. The fraction of sp³-hybridized carbons (Fsp3) is 0.267. The van der Waals surface area contributed by atoms with Gasteiger partial charge in [-0.25, -0.2) is 9.97 Å². The monoisotopic (exact) mass is 267 g/mol. The summed E-state index contributed by atoms with van der Waals surface area (Å²) in [6.45, 7) is 3.80. The van der Waals surface area contributed by atoms with Crippen molar-refractivity contribution < 1.29 is 0 Å². The van der Waals surface area contributed by atoms with Crippen molar-refractivity contribution in [3.63, 3.8) is 0 Å². The van der Waals surface area contributed by atoms with Crippen LogP contribution >= 0.6 is 0 Å². The van der Waals surface area contributed by atoms with Crippen LogP contribution in [0.3, 0.4) is 0 Å². The lowest BCUT2D eigenvalue weighted by atomic mass is 10.2. The number of rotatable bonds is 6. The van der Waals surface area contributed by atoms with Crippen molar-refractivity contribution in [2.45, 2.75) is 19.9 Å². The molecule has 0 unspecified atom stereocenters. The molecular formula is C15H17N5. The van der Waals surface area contributed by atoms with Crippen molar-refractivity contribution in [2.75, 3.05) is 17.2 Å². The number of hydrogen-bond acceptors (Lipinski definition) is 5. The quantitative estimate of drug-likeness (QED) is 0.842. The van der Waals surface area contributed by atoms with Gasteiger partial charge in [0.2, 0.25) is 0 Å². The summed E-state index contributed by atoms with van der Waals surface area (Å²) in [5.74, 6) is 0.664. The van der Waals surface area contributed by atoms with E-state index in [1.165, 1.54) is 11.8 Å². The van der Waals surface area contributed by atoms with E-state index in [2.05, 4.69) is 51.8 Å². The van der Waals surface area contributed by atoms with Crippen molar-refractivity contribution in [3.05, 3.63) is 47.9 Å². The molecule has 0 saturated carbocycles. The van der Waals surface area contributed by atoms with Crippen LogP contribution in [0.4, 0.5) is 11.5 Å². The highest BCUT2D eigenvalue weighted by atomic mass is 15.0. The molecule has 0 aliphatic heterocycles. The highest BCUT2D eigenvalue weighted by Gasteiger charge is 1.98. The molecule has 0 fully saturated rings. The molecule has 0 aliphatic rings. The van der Waals surface area contributed by atoms with Gasteiger partial charge in [0.15, 0.2) is 5.69 Å². The summed E-state index contributed by atoms with van der Waals surface area (Å²) in [5, 5.41) is 15.2. The third-order valence-electron chi connectivity index (χ3n) is 2.77. The average Bonchev–Trinajstić information content (AvgIpc) is 2.52. The van der Waals surface area contributed by atoms with Gasteiger partial charge in [0.05, 0.1) is 12.4 Å². The van der Waals surface area contributed by atoms with Gasteiger partial charge in [0.25, 0.3) is 0 Å². The molecule has 0 bridgehead atoms. The Kier molecular flexibility index (Phi) is 4.90. The summed E-state index contributed by atoms with van der Waals surface area (Å²) in [6.07, 6.45) is 4.14. The molecule has 1 heterocycles. The zero-order valence-electron chi connectivity index (χ0n) is 11.4. The molecular weight excluding hydrogens is 250 g/mol. The molecule has 102 valence electrons. The van der Waals surface area contributed by atoms with E-state index >= 15 is 0 Å². The van der Waals surface area contributed by atoms with Crippen LogP contribution in [0.25, 0.3) is 0 Å². The first-order chi connectivity index (χ1) is 9.81. The first-order valence-corrected chi connectivity index (χ1v) is 6.60. The molecule has 0 atom stereocenters. The van der Waals surface area contributed by atoms with E-state index in [-0.39, 0.29) is 0 Å². The van der Waals surface area contributed by atoms with Crippen LogP contribution in [0.2, 0.25) is 0 Å². The number of nitrogens with one attached hydrogen (secondary N) is 2. The summed E-state index contributed by atoms with van der Waals surface area (Å²) in [5.41, 5.74) is 2.62. The minimum Gasteiger partial charge on any atom is -0.385 e. The highest BCUT2D eigenvalue weighted by molar-refractivity contribution is 5.45. The number of nitriles is 1. The largest absolute Gasteiger partial charge is 0.385 e. The van der Waals surface area contributed by atoms with Gasteiger partial charge in [-0.05, 0) is 24.1 Å². The average molecular weight is 267 g/mol. The predicted octanol–water partition coefficient (Wildman–Crippen LogP) is 2.78. The maximum atomic E-state index is 8.65. The van der Waals surface area contributed by atoms with Crippen LogP contribution in [0.15, 0.2) is 36.7 Å². The van der Waals surface area contributed by atoms with E-state index in [1.807, 2.05) is 6.07 Å². The number of anilines is 2. The number of benzene rings is 1. The molecule has 2 N–H and O–H groups in total. The lowest BCUT2D eigenvalue weighted by Gasteiger charge is -2.07.